The molecule has 0 bridgehead atoms. The second-order valence-electron chi connectivity index (χ2n) is 6.87. The van der Waals surface area contributed by atoms with Crippen LogP contribution in [0.4, 0.5) is 4.79 Å². The molecule has 3 rings (SSSR count). The highest BCUT2D eigenvalue weighted by Crippen LogP contribution is 2.21. The fraction of sp³-hybridized carbons (Fsp3) is 0.579. The van der Waals surface area contributed by atoms with Crippen molar-refractivity contribution in [1.29, 1.82) is 0 Å². The summed E-state index contributed by atoms with van der Waals surface area (Å²) in [7, 11) is 1.68. The molecular formula is C19H27N3O3. The van der Waals surface area contributed by atoms with Crippen LogP contribution >= 0.6 is 0 Å². The van der Waals surface area contributed by atoms with Crippen LogP contribution in [0.1, 0.15) is 37.7 Å². The van der Waals surface area contributed by atoms with E-state index in [0.29, 0.717) is 13.0 Å². The van der Waals surface area contributed by atoms with Gasteiger partial charge in [-0.3, -0.25) is 4.79 Å². The van der Waals surface area contributed by atoms with E-state index in [2.05, 4.69) is 10.6 Å². The van der Waals surface area contributed by atoms with Crippen molar-refractivity contribution in [2.45, 2.75) is 56.8 Å². The number of hydrogen-bond donors (Lipinski definition) is 2. The number of nitrogens with one attached hydrogen (secondary N) is 2. The molecule has 25 heavy (non-hydrogen) atoms. The number of benzene rings is 1. The fourth-order valence-electron chi connectivity index (χ4n) is 3.78. The van der Waals surface area contributed by atoms with Gasteiger partial charge in [-0.2, -0.15) is 0 Å². The molecular weight excluding hydrogens is 318 g/mol. The third kappa shape index (κ3) is 4.51. The Hall–Kier alpha value is -2.08. The Morgan fingerprint density at radius 2 is 1.96 bits per heavy atom. The number of urea groups is 1. The van der Waals surface area contributed by atoms with Gasteiger partial charge in [-0.25, -0.2) is 4.79 Å². The molecule has 136 valence electrons. The Morgan fingerprint density at radius 3 is 2.72 bits per heavy atom. The molecule has 6 nitrogen and oxygen atoms in total. The zero-order chi connectivity index (χ0) is 17.6. The first-order valence-corrected chi connectivity index (χ1v) is 9.10. The van der Waals surface area contributed by atoms with Gasteiger partial charge >= 0.3 is 6.03 Å². The predicted molar refractivity (Wildman–Crippen MR) is 95.0 cm³/mol. The van der Waals surface area contributed by atoms with Gasteiger partial charge in [0.1, 0.15) is 6.04 Å². The summed E-state index contributed by atoms with van der Waals surface area (Å²) in [5.41, 5.74) is 1.11. The lowest BCUT2D eigenvalue weighted by Gasteiger charge is -2.33. The third-order valence-corrected chi connectivity index (χ3v) is 5.12. The Kier molecular flexibility index (Phi) is 5.91. The fourth-order valence-corrected chi connectivity index (χ4v) is 3.78. The first-order chi connectivity index (χ1) is 12.2. The summed E-state index contributed by atoms with van der Waals surface area (Å²) in [6.45, 7) is 1.33. The molecule has 0 radical (unpaired) electrons. The molecule has 1 aliphatic carbocycles. The second-order valence-corrected chi connectivity index (χ2v) is 6.87. The molecule has 3 amide bonds. The number of nitrogens with zero attached hydrogens (tertiary/aromatic N) is 1. The molecule has 0 aromatic heterocycles. The SMILES string of the molecule is CO[C@@H]1CCC[C@H]1NC(=O)NC1CCCN(Cc2ccccc2)C1=O. The summed E-state index contributed by atoms with van der Waals surface area (Å²) in [6, 6.07) is 9.26. The highest BCUT2D eigenvalue weighted by atomic mass is 16.5. The maximum atomic E-state index is 12.7. The number of carbonyl (C=O) groups excluding carboxylic acids is 2. The van der Waals surface area contributed by atoms with Gasteiger partial charge < -0.3 is 20.3 Å². The van der Waals surface area contributed by atoms with Gasteiger partial charge in [-0.1, -0.05) is 30.3 Å². The van der Waals surface area contributed by atoms with Gasteiger partial charge in [-0.05, 0) is 37.7 Å². The summed E-state index contributed by atoms with van der Waals surface area (Å²) >= 11 is 0. The van der Waals surface area contributed by atoms with Gasteiger partial charge in [0.2, 0.25) is 5.91 Å². The van der Waals surface area contributed by atoms with E-state index in [0.717, 1.165) is 37.8 Å². The summed E-state index contributed by atoms with van der Waals surface area (Å²) in [5.74, 6) is -0.0000310. The Morgan fingerprint density at radius 1 is 1.16 bits per heavy atom. The van der Waals surface area contributed by atoms with Gasteiger partial charge in [0.25, 0.3) is 0 Å². The summed E-state index contributed by atoms with van der Waals surface area (Å²) in [5, 5.41) is 5.83. The summed E-state index contributed by atoms with van der Waals surface area (Å²) in [6.07, 6.45) is 4.60. The van der Waals surface area contributed by atoms with Crippen molar-refractivity contribution in [2.24, 2.45) is 0 Å². The number of ether oxygens (including phenoxy) is 1. The van der Waals surface area contributed by atoms with Gasteiger partial charge in [0, 0.05) is 20.2 Å². The number of hydrogen-bond acceptors (Lipinski definition) is 3. The standard InChI is InChI=1S/C19H27N3O3/c1-25-17-11-5-9-15(17)20-19(24)21-16-10-6-12-22(18(16)23)13-14-7-3-2-4-8-14/h2-4,7-8,15-17H,5-6,9-13H2,1H3,(H2,20,21,24)/t15-,16?,17-/m1/s1. The molecule has 2 fully saturated rings. The Bertz CT molecular complexity index is 593. The molecule has 1 aliphatic heterocycles. The first-order valence-electron chi connectivity index (χ1n) is 9.10. The number of amides is 3. The van der Waals surface area contributed by atoms with Gasteiger partial charge in [0.15, 0.2) is 0 Å². The van der Waals surface area contributed by atoms with E-state index < -0.39 is 6.04 Å². The van der Waals surface area contributed by atoms with E-state index in [1.165, 1.54) is 0 Å². The molecule has 1 saturated carbocycles. The van der Waals surface area contributed by atoms with E-state index in [1.807, 2.05) is 35.2 Å². The topological polar surface area (TPSA) is 70.7 Å². The first kappa shape index (κ1) is 17.7. The normalized spacial score (nSPS) is 26.5. The van der Waals surface area contributed by atoms with Gasteiger partial charge in [0.05, 0.1) is 12.1 Å². The third-order valence-electron chi connectivity index (χ3n) is 5.12. The Balaban J connectivity index is 1.53. The van der Waals surface area contributed by atoms with Crippen LogP contribution in [0.5, 0.6) is 0 Å². The van der Waals surface area contributed by atoms with Crippen LogP contribution in [0.3, 0.4) is 0 Å². The zero-order valence-electron chi connectivity index (χ0n) is 14.7. The quantitative estimate of drug-likeness (QED) is 0.858. The molecule has 2 N–H and O–H groups in total. The van der Waals surface area contributed by atoms with Crippen molar-refractivity contribution >= 4 is 11.9 Å². The van der Waals surface area contributed by atoms with Crippen molar-refractivity contribution < 1.29 is 14.3 Å². The van der Waals surface area contributed by atoms with Crippen LogP contribution in [-0.2, 0) is 16.1 Å². The number of rotatable bonds is 5. The van der Waals surface area contributed by atoms with Crippen LogP contribution in [0.15, 0.2) is 30.3 Å². The number of likely N-dealkylation sites (tertiary alicyclic amines) is 1. The van der Waals surface area contributed by atoms with Crippen LogP contribution in [-0.4, -0.2) is 48.7 Å². The highest BCUT2D eigenvalue weighted by Gasteiger charge is 2.32. The van der Waals surface area contributed by atoms with E-state index in [4.69, 9.17) is 4.74 Å². The van der Waals surface area contributed by atoms with E-state index in [1.54, 1.807) is 7.11 Å². The van der Waals surface area contributed by atoms with Crippen molar-refractivity contribution in [3.8, 4) is 0 Å². The number of methoxy groups -OCH3 is 1. The molecule has 1 aromatic carbocycles. The molecule has 0 spiro atoms. The monoisotopic (exact) mass is 345 g/mol. The lowest BCUT2D eigenvalue weighted by Crippen LogP contribution is -2.55. The van der Waals surface area contributed by atoms with Crippen molar-refractivity contribution in [3.63, 3.8) is 0 Å². The zero-order valence-corrected chi connectivity index (χ0v) is 14.7. The molecule has 2 aliphatic rings. The molecule has 1 unspecified atom stereocenters. The molecule has 6 heteroatoms. The Labute approximate surface area is 148 Å². The molecule has 1 aromatic rings. The average Bonchev–Trinajstić information content (AvgIpc) is 3.06. The van der Waals surface area contributed by atoms with Crippen molar-refractivity contribution in [2.75, 3.05) is 13.7 Å². The van der Waals surface area contributed by atoms with E-state index >= 15 is 0 Å². The molecule has 1 saturated heterocycles. The smallest absolute Gasteiger partial charge is 0.315 e. The van der Waals surface area contributed by atoms with Crippen LogP contribution < -0.4 is 10.6 Å². The largest absolute Gasteiger partial charge is 0.379 e. The van der Waals surface area contributed by atoms with Crippen LogP contribution in [0.2, 0.25) is 0 Å². The maximum absolute atomic E-state index is 12.7. The van der Waals surface area contributed by atoms with Gasteiger partial charge in [-0.15, -0.1) is 0 Å². The lowest BCUT2D eigenvalue weighted by molar-refractivity contribution is -0.136. The minimum atomic E-state index is -0.445. The minimum absolute atomic E-state index is 0.0000310. The van der Waals surface area contributed by atoms with E-state index in [9.17, 15) is 9.59 Å². The second kappa shape index (κ2) is 8.34. The lowest BCUT2D eigenvalue weighted by atomic mass is 10.0. The predicted octanol–water partition coefficient (Wildman–Crippen LogP) is 2.04. The number of piperidine rings is 1. The summed E-state index contributed by atoms with van der Waals surface area (Å²) in [4.78, 5) is 26.8. The van der Waals surface area contributed by atoms with Crippen molar-refractivity contribution in [3.05, 3.63) is 35.9 Å². The molecule has 3 atom stereocenters. The summed E-state index contributed by atoms with van der Waals surface area (Å²) < 4.78 is 5.40. The van der Waals surface area contributed by atoms with Crippen LogP contribution in [0.25, 0.3) is 0 Å². The van der Waals surface area contributed by atoms with E-state index in [-0.39, 0.29) is 24.1 Å². The maximum Gasteiger partial charge on any atom is 0.315 e. The minimum Gasteiger partial charge on any atom is -0.379 e. The van der Waals surface area contributed by atoms with Crippen LogP contribution in [0, 0.1) is 0 Å². The molecule has 1 heterocycles. The average molecular weight is 345 g/mol. The van der Waals surface area contributed by atoms with Crippen molar-refractivity contribution in [1.82, 2.24) is 15.5 Å². The highest BCUT2D eigenvalue weighted by molar-refractivity contribution is 5.87. The number of carbonyl (C=O) groups is 2.